The number of aldehydes is 1. The lowest BCUT2D eigenvalue weighted by atomic mass is 9.99. The maximum atomic E-state index is 10.3. The van der Waals surface area contributed by atoms with Crippen LogP contribution >= 0.6 is 0 Å². The number of hydrogen-bond donors (Lipinski definition) is 0. The molecule has 0 bridgehead atoms. The van der Waals surface area contributed by atoms with Crippen molar-refractivity contribution >= 4 is 6.29 Å². The van der Waals surface area contributed by atoms with Crippen molar-refractivity contribution in [2.24, 2.45) is 5.92 Å². The Morgan fingerprint density at radius 1 is 1.57 bits per heavy atom. The van der Waals surface area contributed by atoms with Crippen LogP contribution in [0.2, 0.25) is 0 Å². The molecule has 0 aliphatic carbocycles. The van der Waals surface area contributed by atoms with Crippen LogP contribution in [0.4, 0.5) is 0 Å². The molecule has 0 saturated heterocycles. The molecule has 0 amide bonds. The molecule has 14 heavy (non-hydrogen) atoms. The van der Waals surface area contributed by atoms with E-state index < -0.39 is 0 Å². The van der Waals surface area contributed by atoms with Crippen LogP contribution < -0.4 is 0 Å². The van der Waals surface area contributed by atoms with Crippen molar-refractivity contribution in [3.63, 3.8) is 0 Å². The second kappa shape index (κ2) is 7.13. The molecular weight excluding hydrogens is 176 g/mol. The molecule has 0 heterocycles. The monoisotopic (exact) mass is 194 g/mol. The van der Waals surface area contributed by atoms with Crippen molar-refractivity contribution in [3.8, 4) is 0 Å². The standard InChI is InChI=1S/C12H18O2/c1-5-12(14-6-2)9-11(4)10(3)7-8-13/h5,8-10H,1,4,6-7H2,2-3H3/b12-9+. The molecule has 1 unspecified atom stereocenters. The molecule has 2 heteroatoms. The topological polar surface area (TPSA) is 26.3 Å². The molecule has 0 N–H and O–H groups in total. The summed E-state index contributed by atoms with van der Waals surface area (Å²) in [6.45, 7) is 12.0. The number of ether oxygens (including phenoxy) is 1. The van der Waals surface area contributed by atoms with E-state index >= 15 is 0 Å². The molecule has 0 aliphatic heterocycles. The lowest BCUT2D eigenvalue weighted by molar-refractivity contribution is -0.108. The SMILES string of the molecule is C=C/C(=C\C(=C)C(C)CC=O)OCC. The van der Waals surface area contributed by atoms with E-state index in [2.05, 4.69) is 13.2 Å². The van der Waals surface area contributed by atoms with Gasteiger partial charge in [0.15, 0.2) is 0 Å². The van der Waals surface area contributed by atoms with Gasteiger partial charge in [0.1, 0.15) is 12.0 Å². The first-order valence-corrected chi connectivity index (χ1v) is 4.75. The Morgan fingerprint density at radius 2 is 2.21 bits per heavy atom. The summed E-state index contributed by atoms with van der Waals surface area (Å²) >= 11 is 0. The van der Waals surface area contributed by atoms with Gasteiger partial charge >= 0.3 is 0 Å². The average Bonchev–Trinajstić information content (AvgIpc) is 2.17. The number of allylic oxidation sites excluding steroid dienone is 3. The van der Waals surface area contributed by atoms with Crippen molar-refractivity contribution in [1.82, 2.24) is 0 Å². The molecule has 0 aromatic rings. The van der Waals surface area contributed by atoms with Gasteiger partial charge in [-0.2, -0.15) is 0 Å². The summed E-state index contributed by atoms with van der Waals surface area (Å²) in [4.78, 5) is 10.3. The molecule has 2 nitrogen and oxygen atoms in total. The Labute approximate surface area is 86.0 Å². The van der Waals surface area contributed by atoms with Gasteiger partial charge in [-0.15, -0.1) is 0 Å². The summed E-state index contributed by atoms with van der Waals surface area (Å²) in [5.41, 5.74) is 0.889. The smallest absolute Gasteiger partial charge is 0.120 e. The van der Waals surface area contributed by atoms with Crippen molar-refractivity contribution in [1.29, 1.82) is 0 Å². The fourth-order valence-electron chi connectivity index (χ4n) is 0.947. The third-order valence-electron chi connectivity index (χ3n) is 1.92. The molecular formula is C12H18O2. The Bertz CT molecular complexity index is 239. The van der Waals surface area contributed by atoms with Gasteiger partial charge in [0.2, 0.25) is 0 Å². The highest BCUT2D eigenvalue weighted by Crippen LogP contribution is 2.15. The summed E-state index contributed by atoms with van der Waals surface area (Å²) in [6.07, 6.45) is 4.86. The first-order valence-electron chi connectivity index (χ1n) is 4.75. The molecule has 0 fully saturated rings. The first-order chi connectivity index (χ1) is 6.65. The van der Waals surface area contributed by atoms with Gasteiger partial charge in [0.05, 0.1) is 6.61 Å². The highest BCUT2D eigenvalue weighted by atomic mass is 16.5. The lowest BCUT2D eigenvalue weighted by Crippen LogP contribution is -1.98. The van der Waals surface area contributed by atoms with Crippen LogP contribution in [-0.2, 0) is 9.53 Å². The second-order valence-corrected chi connectivity index (χ2v) is 3.06. The van der Waals surface area contributed by atoms with Gasteiger partial charge in [-0.1, -0.05) is 20.1 Å². The number of carbonyl (C=O) groups is 1. The fraction of sp³-hybridized carbons (Fsp3) is 0.417. The normalized spacial score (nSPS) is 13.1. The minimum absolute atomic E-state index is 0.155. The predicted octanol–water partition coefficient (Wildman–Crippen LogP) is 2.87. The average molecular weight is 194 g/mol. The molecule has 1 atom stereocenters. The summed E-state index contributed by atoms with van der Waals surface area (Å²) in [5.74, 6) is 0.859. The van der Waals surface area contributed by atoms with E-state index in [0.29, 0.717) is 18.8 Å². The minimum Gasteiger partial charge on any atom is -0.494 e. The van der Waals surface area contributed by atoms with E-state index in [1.165, 1.54) is 0 Å². The van der Waals surface area contributed by atoms with Crippen molar-refractivity contribution in [2.45, 2.75) is 20.3 Å². The number of hydrogen-bond acceptors (Lipinski definition) is 2. The summed E-state index contributed by atoms with van der Waals surface area (Å²) in [7, 11) is 0. The molecule has 0 saturated carbocycles. The number of carbonyl (C=O) groups excluding carboxylic acids is 1. The molecule has 0 aromatic heterocycles. The van der Waals surface area contributed by atoms with Crippen LogP contribution in [0.25, 0.3) is 0 Å². The first kappa shape index (κ1) is 12.7. The number of rotatable bonds is 7. The third-order valence-corrected chi connectivity index (χ3v) is 1.92. The molecule has 78 valence electrons. The molecule has 0 aromatic carbocycles. The predicted molar refractivity (Wildman–Crippen MR) is 58.9 cm³/mol. The fourth-order valence-corrected chi connectivity index (χ4v) is 0.947. The highest BCUT2D eigenvalue weighted by molar-refractivity contribution is 5.51. The summed E-state index contributed by atoms with van der Waals surface area (Å²) in [6, 6.07) is 0. The van der Waals surface area contributed by atoms with E-state index in [-0.39, 0.29) is 5.92 Å². The quantitative estimate of drug-likeness (QED) is 0.354. The maximum absolute atomic E-state index is 10.3. The van der Waals surface area contributed by atoms with Gasteiger partial charge in [-0.3, -0.25) is 0 Å². The largest absolute Gasteiger partial charge is 0.494 e. The molecule has 0 aliphatic rings. The zero-order valence-electron chi connectivity index (χ0n) is 8.95. The molecule has 0 spiro atoms. The Balaban J connectivity index is 4.36. The second-order valence-electron chi connectivity index (χ2n) is 3.06. The Hall–Kier alpha value is -1.31. The Kier molecular flexibility index (Phi) is 6.46. The van der Waals surface area contributed by atoms with Crippen LogP contribution in [0.5, 0.6) is 0 Å². The van der Waals surface area contributed by atoms with Gasteiger partial charge in [-0.25, -0.2) is 0 Å². The van der Waals surface area contributed by atoms with Crippen LogP contribution in [0.3, 0.4) is 0 Å². The van der Waals surface area contributed by atoms with Crippen LogP contribution in [0, 0.1) is 5.92 Å². The van der Waals surface area contributed by atoms with Gasteiger partial charge in [0.25, 0.3) is 0 Å². The van der Waals surface area contributed by atoms with Gasteiger partial charge in [0, 0.05) is 6.42 Å². The van der Waals surface area contributed by atoms with Gasteiger partial charge in [-0.05, 0) is 30.6 Å². The van der Waals surface area contributed by atoms with E-state index in [1.807, 2.05) is 19.9 Å². The van der Waals surface area contributed by atoms with E-state index in [9.17, 15) is 4.79 Å². The zero-order valence-corrected chi connectivity index (χ0v) is 8.95. The van der Waals surface area contributed by atoms with E-state index in [4.69, 9.17) is 4.74 Å². The summed E-state index contributed by atoms with van der Waals surface area (Å²) < 4.78 is 5.28. The van der Waals surface area contributed by atoms with E-state index in [1.54, 1.807) is 6.08 Å². The maximum Gasteiger partial charge on any atom is 0.120 e. The lowest BCUT2D eigenvalue weighted by Gasteiger charge is -2.09. The zero-order chi connectivity index (χ0) is 11.0. The van der Waals surface area contributed by atoms with Crippen LogP contribution in [0.1, 0.15) is 20.3 Å². The van der Waals surface area contributed by atoms with Gasteiger partial charge < -0.3 is 9.53 Å². The van der Waals surface area contributed by atoms with Crippen LogP contribution in [0.15, 0.2) is 36.6 Å². The van der Waals surface area contributed by atoms with Crippen molar-refractivity contribution < 1.29 is 9.53 Å². The third kappa shape index (κ3) is 4.65. The highest BCUT2D eigenvalue weighted by Gasteiger charge is 2.04. The summed E-state index contributed by atoms with van der Waals surface area (Å²) in [5, 5.41) is 0. The minimum atomic E-state index is 0.155. The van der Waals surface area contributed by atoms with E-state index in [0.717, 1.165) is 11.9 Å². The Morgan fingerprint density at radius 3 is 2.64 bits per heavy atom. The molecule has 0 radical (unpaired) electrons. The van der Waals surface area contributed by atoms with Crippen molar-refractivity contribution in [3.05, 3.63) is 36.6 Å². The van der Waals surface area contributed by atoms with Crippen LogP contribution in [-0.4, -0.2) is 12.9 Å². The van der Waals surface area contributed by atoms with Crippen molar-refractivity contribution in [2.75, 3.05) is 6.61 Å². The molecule has 0 rings (SSSR count).